The first kappa shape index (κ1) is 12.2. The zero-order chi connectivity index (χ0) is 11.4. The predicted molar refractivity (Wildman–Crippen MR) is 55.3 cm³/mol. The molecule has 0 aliphatic heterocycles. The van der Waals surface area contributed by atoms with Crippen molar-refractivity contribution in [1.29, 1.82) is 0 Å². The number of methoxy groups -OCH3 is 1. The quantitative estimate of drug-likeness (QED) is 0.814. The third-order valence-corrected chi connectivity index (χ3v) is 2.40. The summed E-state index contributed by atoms with van der Waals surface area (Å²) in [4.78, 5) is 0. The van der Waals surface area contributed by atoms with Crippen molar-refractivity contribution in [2.45, 2.75) is 12.8 Å². The molecule has 0 radical (unpaired) electrons. The van der Waals surface area contributed by atoms with E-state index in [9.17, 15) is 8.78 Å². The predicted octanol–water partition coefficient (Wildman–Crippen LogP) is 2.52. The van der Waals surface area contributed by atoms with Gasteiger partial charge in [-0.3, -0.25) is 0 Å². The summed E-state index contributed by atoms with van der Waals surface area (Å²) in [7, 11) is 1.32. The van der Waals surface area contributed by atoms with Crippen molar-refractivity contribution in [3.8, 4) is 5.75 Å². The Balaban J connectivity index is 3.13. The molecule has 5 heteroatoms. The Hall–Kier alpha value is -0.870. The normalized spacial score (nSPS) is 10.5. The first-order valence-corrected chi connectivity index (χ1v) is 4.90. The van der Waals surface area contributed by atoms with E-state index in [1.807, 2.05) is 0 Å². The summed E-state index contributed by atoms with van der Waals surface area (Å²) >= 11 is 5.41. The van der Waals surface area contributed by atoms with E-state index >= 15 is 0 Å². The van der Waals surface area contributed by atoms with Gasteiger partial charge in [-0.1, -0.05) is 11.6 Å². The van der Waals surface area contributed by atoms with Crippen LogP contribution in [0.5, 0.6) is 5.75 Å². The lowest BCUT2D eigenvalue weighted by Gasteiger charge is -2.10. The third-order valence-electron chi connectivity index (χ3n) is 2.05. The van der Waals surface area contributed by atoms with Gasteiger partial charge in [-0.15, -0.1) is 0 Å². The highest BCUT2D eigenvalue weighted by molar-refractivity contribution is 6.31. The van der Waals surface area contributed by atoms with Crippen molar-refractivity contribution in [3.05, 3.63) is 28.3 Å². The summed E-state index contributed by atoms with van der Waals surface area (Å²) in [5.74, 6) is -1.64. The molecule has 0 heterocycles. The molecule has 2 nitrogen and oxygen atoms in total. The molecule has 2 N–H and O–H groups in total. The van der Waals surface area contributed by atoms with Gasteiger partial charge in [0.15, 0.2) is 11.6 Å². The highest BCUT2D eigenvalue weighted by atomic mass is 35.5. The summed E-state index contributed by atoms with van der Waals surface area (Å²) in [6, 6.07) is 1.18. The van der Waals surface area contributed by atoms with Crippen LogP contribution in [0, 0.1) is 11.6 Å². The maximum absolute atomic E-state index is 13.4. The van der Waals surface area contributed by atoms with E-state index in [-0.39, 0.29) is 5.75 Å². The molecule has 0 saturated heterocycles. The number of ether oxygens (including phenoxy) is 1. The molecule has 1 aromatic rings. The Bertz CT molecular complexity index is 358. The lowest BCUT2D eigenvalue weighted by molar-refractivity contribution is 0.378. The van der Waals surface area contributed by atoms with Crippen LogP contribution in [0.1, 0.15) is 12.0 Å². The van der Waals surface area contributed by atoms with Gasteiger partial charge >= 0.3 is 0 Å². The number of hydrogen-bond acceptors (Lipinski definition) is 2. The molecule has 0 atom stereocenters. The van der Waals surface area contributed by atoms with Crippen LogP contribution in [-0.4, -0.2) is 13.7 Å². The first-order valence-electron chi connectivity index (χ1n) is 4.52. The largest absolute Gasteiger partial charge is 0.493 e. The van der Waals surface area contributed by atoms with Gasteiger partial charge in [-0.2, -0.15) is 0 Å². The maximum atomic E-state index is 13.4. The standard InChI is InChI=1S/C10H12ClF2NO/c1-15-10-6(3-2-4-14)5-7(12)8(11)9(10)13/h5H,2-4,14H2,1H3. The monoisotopic (exact) mass is 235 g/mol. The zero-order valence-corrected chi connectivity index (χ0v) is 9.07. The highest BCUT2D eigenvalue weighted by Gasteiger charge is 2.17. The summed E-state index contributed by atoms with van der Waals surface area (Å²) < 4.78 is 31.4. The average molecular weight is 236 g/mol. The molecule has 0 saturated carbocycles. The van der Waals surface area contributed by atoms with Crippen LogP contribution < -0.4 is 10.5 Å². The summed E-state index contributed by atoms with van der Waals surface area (Å²) in [6.07, 6.45) is 1.10. The van der Waals surface area contributed by atoms with Gasteiger partial charge in [0, 0.05) is 5.56 Å². The van der Waals surface area contributed by atoms with Crippen molar-refractivity contribution in [3.63, 3.8) is 0 Å². The summed E-state index contributed by atoms with van der Waals surface area (Å²) in [5.41, 5.74) is 5.77. The molecule has 1 aromatic carbocycles. The Morgan fingerprint density at radius 3 is 2.67 bits per heavy atom. The molecule has 0 aliphatic rings. The SMILES string of the molecule is COc1c(CCCN)cc(F)c(Cl)c1F. The second kappa shape index (κ2) is 5.28. The first-order chi connectivity index (χ1) is 7.11. The number of nitrogens with two attached hydrogens (primary N) is 1. The Morgan fingerprint density at radius 2 is 2.13 bits per heavy atom. The van der Waals surface area contributed by atoms with E-state index < -0.39 is 16.7 Å². The molecule has 0 aromatic heterocycles. The fourth-order valence-corrected chi connectivity index (χ4v) is 1.47. The molecule has 0 amide bonds. The van der Waals surface area contributed by atoms with E-state index in [1.165, 1.54) is 13.2 Å². The smallest absolute Gasteiger partial charge is 0.186 e. The molecule has 1 rings (SSSR count). The Labute approximate surface area is 92.0 Å². The lowest BCUT2D eigenvalue weighted by atomic mass is 10.1. The topological polar surface area (TPSA) is 35.2 Å². The number of halogens is 3. The van der Waals surface area contributed by atoms with Crippen molar-refractivity contribution in [2.24, 2.45) is 5.73 Å². The molecule has 0 fully saturated rings. The molecular weight excluding hydrogens is 224 g/mol. The molecule has 0 bridgehead atoms. The van der Waals surface area contributed by atoms with E-state index in [1.54, 1.807) is 0 Å². The molecule has 15 heavy (non-hydrogen) atoms. The Morgan fingerprint density at radius 1 is 1.47 bits per heavy atom. The van der Waals surface area contributed by atoms with Gasteiger partial charge < -0.3 is 10.5 Å². The Kier molecular flexibility index (Phi) is 4.29. The zero-order valence-electron chi connectivity index (χ0n) is 8.32. The number of hydrogen-bond donors (Lipinski definition) is 1. The lowest BCUT2D eigenvalue weighted by Crippen LogP contribution is -2.03. The average Bonchev–Trinajstić information content (AvgIpc) is 2.23. The van der Waals surface area contributed by atoms with Gasteiger partial charge in [-0.25, -0.2) is 8.78 Å². The second-order valence-corrected chi connectivity index (χ2v) is 3.45. The number of rotatable bonds is 4. The molecule has 0 aliphatic carbocycles. The third kappa shape index (κ3) is 2.58. The molecular formula is C10H12ClF2NO. The fourth-order valence-electron chi connectivity index (χ4n) is 1.33. The summed E-state index contributed by atoms with van der Waals surface area (Å²) in [6.45, 7) is 0.453. The van der Waals surface area contributed by atoms with Crippen molar-refractivity contribution < 1.29 is 13.5 Å². The van der Waals surface area contributed by atoms with Crippen LogP contribution in [0.2, 0.25) is 5.02 Å². The highest BCUT2D eigenvalue weighted by Crippen LogP contribution is 2.31. The van der Waals surface area contributed by atoms with Crippen LogP contribution in [0.15, 0.2) is 6.07 Å². The minimum atomic E-state index is -0.855. The fraction of sp³-hybridized carbons (Fsp3) is 0.400. The molecule has 0 spiro atoms. The van der Waals surface area contributed by atoms with Crippen LogP contribution in [-0.2, 0) is 6.42 Å². The number of benzene rings is 1. The van der Waals surface area contributed by atoms with E-state index in [0.29, 0.717) is 24.9 Å². The van der Waals surface area contributed by atoms with E-state index in [4.69, 9.17) is 22.1 Å². The van der Waals surface area contributed by atoms with Gasteiger partial charge in [0.2, 0.25) is 0 Å². The van der Waals surface area contributed by atoms with Crippen molar-refractivity contribution >= 4 is 11.6 Å². The van der Waals surface area contributed by atoms with Crippen LogP contribution in [0.3, 0.4) is 0 Å². The van der Waals surface area contributed by atoms with Crippen LogP contribution in [0.4, 0.5) is 8.78 Å². The summed E-state index contributed by atoms with van der Waals surface area (Å²) in [5, 5.41) is -0.539. The minimum absolute atomic E-state index is 0.00477. The molecule has 84 valence electrons. The van der Waals surface area contributed by atoms with Crippen LogP contribution in [0.25, 0.3) is 0 Å². The minimum Gasteiger partial charge on any atom is -0.493 e. The van der Waals surface area contributed by atoms with Gasteiger partial charge in [0.25, 0.3) is 0 Å². The van der Waals surface area contributed by atoms with Gasteiger partial charge in [-0.05, 0) is 25.5 Å². The number of aryl methyl sites for hydroxylation is 1. The van der Waals surface area contributed by atoms with Crippen LogP contribution >= 0.6 is 11.6 Å². The van der Waals surface area contributed by atoms with Crippen molar-refractivity contribution in [1.82, 2.24) is 0 Å². The van der Waals surface area contributed by atoms with Gasteiger partial charge in [0.1, 0.15) is 10.8 Å². The second-order valence-electron chi connectivity index (χ2n) is 3.07. The van der Waals surface area contributed by atoms with Gasteiger partial charge in [0.05, 0.1) is 7.11 Å². The molecule has 0 unspecified atom stereocenters. The van der Waals surface area contributed by atoms with E-state index in [2.05, 4.69) is 0 Å². The van der Waals surface area contributed by atoms with Crippen molar-refractivity contribution in [2.75, 3.05) is 13.7 Å². The van der Waals surface area contributed by atoms with E-state index in [0.717, 1.165) is 0 Å². The maximum Gasteiger partial charge on any atom is 0.186 e.